The van der Waals surface area contributed by atoms with E-state index >= 15 is 0 Å². The third-order valence-corrected chi connectivity index (χ3v) is 2.57. The van der Waals surface area contributed by atoms with Crippen molar-refractivity contribution in [2.75, 3.05) is 0 Å². The van der Waals surface area contributed by atoms with Crippen LogP contribution in [0.2, 0.25) is 0 Å². The van der Waals surface area contributed by atoms with Crippen molar-refractivity contribution in [2.24, 2.45) is 0 Å². The third-order valence-electron chi connectivity index (χ3n) is 2.25. The second-order valence-electron chi connectivity index (χ2n) is 3.38. The van der Waals surface area contributed by atoms with Gasteiger partial charge in [0, 0.05) is 6.20 Å². The molecule has 0 aliphatic carbocycles. The first kappa shape index (κ1) is 10.2. The molecule has 0 aliphatic rings. The lowest BCUT2D eigenvalue weighted by Gasteiger charge is -1.98. The van der Waals surface area contributed by atoms with Crippen molar-refractivity contribution in [1.29, 1.82) is 0 Å². The molecule has 0 radical (unpaired) electrons. The van der Waals surface area contributed by atoms with E-state index in [2.05, 4.69) is 31.2 Å². The number of rotatable bonds is 2. The predicted octanol–water partition coefficient (Wildman–Crippen LogP) is 2.68. The SMILES string of the molecule is Brc1noc(-c2cnn(-c3ccccc3)c2)n1. The Hall–Kier alpha value is -1.95. The monoisotopic (exact) mass is 290 g/mol. The van der Waals surface area contributed by atoms with Crippen molar-refractivity contribution in [1.82, 2.24) is 19.9 Å². The van der Waals surface area contributed by atoms with Gasteiger partial charge in [-0.15, -0.1) is 0 Å². The summed E-state index contributed by atoms with van der Waals surface area (Å²) in [6, 6.07) is 9.82. The average Bonchev–Trinajstić information content (AvgIpc) is 2.98. The number of nitrogens with zero attached hydrogens (tertiary/aromatic N) is 4. The lowest BCUT2D eigenvalue weighted by Crippen LogP contribution is -1.92. The molecule has 3 rings (SSSR count). The highest BCUT2D eigenvalue weighted by molar-refractivity contribution is 9.10. The van der Waals surface area contributed by atoms with Crippen LogP contribution >= 0.6 is 15.9 Å². The Balaban J connectivity index is 1.99. The highest BCUT2D eigenvalue weighted by atomic mass is 79.9. The third kappa shape index (κ3) is 1.99. The van der Waals surface area contributed by atoms with Crippen LogP contribution in [0, 0.1) is 0 Å². The van der Waals surface area contributed by atoms with Gasteiger partial charge in [0.2, 0.25) is 4.73 Å². The maximum atomic E-state index is 5.04. The summed E-state index contributed by atoms with van der Waals surface area (Å²) < 4.78 is 7.23. The van der Waals surface area contributed by atoms with Crippen molar-refractivity contribution in [3.05, 3.63) is 47.5 Å². The lowest BCUT2D eigenvalue weighted by molar-refractivity contribution is 0.426. The molecule has 0 N–H and O–H groups in total. The van der Waals surface area contributed by atoms with E-state index in [0.717, 1.165) is 11.3 Å². The summed E-state index contributed by atoms with van der Waals surface area (Å²) in [6.07, 6.45) is 3.53. The van der Waals surface area contributed by atoms with Gasteiger partial charge in [-0.25, -0.2) is 4.68 Å². The zero-order valence-corrected chi connectivity index (χ0v) is 10.2. The van der Waals surface area contributed by atoms with E-state index in [-0.39, 0.29) is 0 Å². The minimum atomic E-state index is 0.431. The van der Waals surface area contributed by atoms with Gasteiger partial charge < -0.3 is 4.52 Å². The quantitative estimate of drug-likeness (QED) is 0.728. The van der Waals surface area contributed by atoms with E-state index in [1.54, 1.807) is 10.9 Å². The van der Waals surface area contributed by atoms with Gasteiger partial charge in [-0.2, -0.15) is 10.1 Å². The fraction of sp³-hybridized carbons (Fsp3) is 0. The van der Waals surface area contributed by atoms with Crippen LogP contribution in [-0.2, 0) is 0 Å². The van der Waals surface area contributed by atoms with Crippen LogP contribution in [0.4, 0.5) is 0 Å². The van der Waals surface area contributed by atoms with Gasteiger partial charge in [0.25, 0.3) is 5.89 Å². The van der Waals surface area contributed by atoms with E-state index in [9.17, 15) is 0 Å². The number of halogens is 1. The fourth-order valence-electron chi connectivity index (χ4n) is 1.48. The Bertz CT molecular complexity index is 632. The molecule has 1 aromatic carbocycles. The summed E-state index contributed by atoms with van der Waals surface area (Å²) in [5.41, 5.74) is 1.77. The molecule has 0 unspecified atom stereocenters. The van der Waals surface area contributed by atoms with E-state index in [1.807, 2.05) is 36.5 Å². The van der Waals surface area contributed by atoms with Gasteiger partial charge >= 0.3 is 0 Å². The number of benzene rings is 1. The summed E-state index contributed by atoms with van der Waals surface area (Å²) in [4.78, 5) is 4.07. The molecular weight excluding hydrogens is 284 g/mol. The van der Waals surface area contributed by atoms with E-state index < -0.39 is 0 Å². The Labute approximate surface area is 105 Å². The Morgan fingerprint density at radius 1 is 1.18 bits per heavy atom. The molecule has 84 valence electrons. The molecule has 0 spiro atoms. The molecule has 2 aromatic heterocycles. The van der Waals surface area contributed by atoms with Crippen molar-refractivity contribution in [3.8, 4) is 17.1 Å². The van der Waals surface area contributed by atoms with E-state index in [1.165, 1.54) is 0 Å². The molecule has 0 aliphatic heterocycles. The largest absolute Gasteiger partial charge is 0.333 e. The van der Waals surface area contributed by atoms with Crippen LogP contribution in [0.5, 0.6) is 0 Å². The number of hydrogen-bond donors (Lipinski definition) is 0. The van der Waals surface area contributed by atoms with Gasteiger partial charge in [-0.1, -0.05) is 18.2 Å². The van der Waals surface area contributed by atoms with Crippen LogP contribution in [-0.4, -0.2) is 19.9 Å². The topological polar surface area (TPSA) is 56.7 Å². The van der Waals surface area contributed by atoms with Crippen LogP contribution in [0.25, 0.3) is 17.1 Å². The zero-order valence-electron chi connectivity index (χ0n) is 8.62. The van der Waals surface area contributed by atoms with Crippen molar-refractivity contribution >= 4 is 15.9 Å². The van der Waals surface area contributed by atoms with Crippen LogP contribution in [0.1, 0.15) is 0 Å². The fourth-order valence-corrected chi connectivity index (χ4v) is 1.71. The van der Waals surface area contributed by atoms with Gasteiger partial charge in [0.05, 0.1) is 17.4 Å². The predicted molar refractivity (Wildman–Crippen MR) is 64.6 cm³/mol. The number of hydrogen-bond acceptors (Lipinski definition) is 4. The maximum Gasteiger partial charge on any atom is 0.261 e. The summed E-state index contributed by atoms with van der Waals surface area (Å²) >= 11 is 3.14. The van der Waals surface area contributed by atoms with E-state index in [0.29, 0.717) is 10.6 Å². The molecule has 6 heteroatoms. The van der Waals surface area contributed by atoms with Gasteiger partial charge in [0.1, 0.15) is 0 Å². The summed E-state index contributed by atoms with van der Waals surface area (Å²) in [7, 11) is 0. The second-order valence-corrected chi connectivity index (χ2v) is 4.09. The molecule has 0 bridgehead atoms. The number of para-hydroxylation sites is 1. The van der Waals surface area contributed by atoms with Crippen LogP contribution in [0.15, 0.2) is 52.0 Å². The minimum Gasteiger partial charge on any atom is -0.333 e. The first-order valence-electron chi connectivity index (χ1n) is 4.92. The molecule has 0 fully saturated rings. The molecule has 0 saturated heterocycles. The van der Waals surface area contributed by atoms with Gasteiger partial charge in [-0.05, 0) is 33.2 Å². The summed E-state index contributed by atoms with van der Waals surface area (Å²) in [6.45, 7) is 0. The van der Waals surface area contributed by atoms with Crippen molar-refractivity contribution < 1.29 is 4.52 Å². The maximum absolute atomic E-state index is 5.04. The highest BCUT2D eigenvalue weighted by Gasteiger charge is 2.09. The molecular formula is C11H7BrN4O. The van der Waals surface area contributed by atoms with E-state index in [4.69, 9.17) is 4.52 Å². The second kappa shape index (κ2) is 4.14. The molecule has 0 saturated carbocycles. The Morgan fingerprint density at radius 2 is 2.00 bits per heavy atom. The van der Waals surface area contributed by atoms with Crippen LogP contribution in [0.3, 0.4) is 0 Å². The number of aromatic nitrogens is 4. The Morgan fingerprint density at radius 3 is 2.71 bits per heavy atom. The molecule has 0 atom stereocenters. The summed E-state index contributed by atoms with van der Waals surface area (Å²) in [5, 5.41) is 7.91. The van der Waals surface area contributed by atoms with Gasteiger partial charge in [-0.3, -0.25) is 0 Å². The molecule has 2 heterocycles. The average molecular weight is 291 g/mol. The highest BCUT2D eigenvalue weighted by Crippen LogP contribution is 2.19. The molecule has 5 nitrogen and oxygen atoms in total. The molecule has 0 amide bonds. The lowest BCUT2D eigenvalue weighted by atomic mass is 10.3. The molecule has 3 aromatic rings. The minimum absolute atomic E-state index is 0.431. The first-order chi connectivity index (χ1) is 8.33. The first-order valence-corrected chi connectivity index (χ1v) is 5.72. The smallest absolute Gasteiger partial charge is 0.261 e. The summed E-state index contributed by atoms with van der Waals surface area (Å²) in [5.74, 6) is 0.444. The van der Waals surface area contributed by atoms with Crippen molar-refractivity contribution in [3.63, 3.8) is 0 Å². The normalized spacial score (nSPS) is 10.6. The molecule has 17 heavy (non-hydrogen) atoms. The van der Waals surface area contributed by atoms with Crippen LogP contribution < -0.4 is 0 Å². The van der Waals surface area contributed by atoms with Gasteiger partial charge in [0.15, 0.2) is 0 Å². The standard InChI is InChI=1S/C11H7BrN4O/c12-11-14-10(17-15-11)8-6-13-16(7-8)9-4-2-1-3-5-9/h1-7H. The Kier molecular flexibility index (Phi) is 2.49. The zero-order chi connectivity index (χ0) is 11.7. The van der Waals surface area contributed by atoms with Crippen molar-refractivity contribution in [2.45, 2.75) is 0 Å².